The number of likely N-dealkylation sites (tertiary alicyclic amines) is 1. The van der Waals surface area contributed by atoms with Crippen molar-refractivity contribution in [3.05, 3.63) is 42.0 Å². The van der Waals surface area contributed by atoms with Crippen LogP contribution in [0.5, 0.6) is 0 Å². The first kappa shape index (κ1) is 20.2. The molecule has 6 nitrogen and oxygen atoms in total. The summed E-state index contributed by atoms with van der Waals surface area (Å²) in [7, 11) is 0. The zero-order chi connectivity index (χ0) is 21.7. The second-order valence-electron chi connectivity index (χ2n) is 9.48. The van der Waals surface area contributed by atoms with Gasteiger partial charge in [-0.2, -0.15) is 0 Å². The second kappa shape index (κ2) is 7.74. The highest BCUT2D eigenvalue weighted by Gasteiger charge is 2.66. The van der Waals surface area contributed by atoms with Gasteiger partial charge in [0.05, 0.1) is 11.8 Å². The lowest BCUT2D eigenvalue weighted by Crippen LogP contribution is -2.40. The van der Waals surface area contributed by atoms with Gasteiger partial charge in [-0.1, -0.05) is 18.6 Å². The molecular weight excluding hydrogens is 392 g/mol. The third-order valence-corrected chi connectivity index (χ3v) is 7.61. The molecule has 2 saturated carbocycles. The van der Waals surface area contributed by atoms with Gasteiger partial charge in [0.2, 0.25) is 17.7 Å². The van der Waals surface area contributed by atoms with Gasteiger partial charge in [0.1, 0.15) is 0 Å². The highest BCUT2D eigenvalue weighted by molar-refractivity contribution is 6.06. The zero-order valence-corrected chi connectivity index (χ0v) is 17.8. The molecule has 0 spiro atoms. The Morgan fingerprint density at radius 2 is 1.55 bits per heavy atom. The maximum atomic E-state index is 12.9. The summed E-state index contributed by atoms with van der Waals surface area (Å²) in [5.41, 5.74) is 1.29. The van der Waals surface area contributed by atoms with Crippen LogP contribution in [0.2, 0.25) is 0 Å². The van der Waals surface area contributed by atoms with E-state index in [9.17, 15) is 19.2 Å². The standard InChI is InChI=1S/C25H28N2O4/c1-14(28)15-6-8-16(9-7-15)26-21(29)5-3-2-4-12-27-24(30)22-17-10-11-18(20-13-19(17)20)23(22)25(27)31/h6-11,17-20,22-23H,2-5,12-13H2,1H3,(H,26,29). The minimum atomic E-state index is -0.119. The summed E-state index contributed by atoms with van der Waals surface area (Å²) >= 11 is 0. The highest BCUT2D eigenvalue weighted by atomic mass is 16.2. The summed E-state index contributed by atoms with van der Waals surface area (Å²) in [6, 6.07) is 6.85. The van der Waals surface area contributed by atoms with Crippen LogP contribution in [0.4, 0.5) is 5.69 Å². The SMILES string of the molecule is CC(=O)c1ccc(NC(=O)CCCCCN2C(=O)C3C4C=CC(C5CC45)C3C2=O)cc1. The van der Waals surface area contributed by atoms with Crippen molar-refractivity contribution in [3.8, 4) is 0 Å². The number of hydrogen-bond donors (Lipinski definition) is 1. The Morgan fingerprint density at radius 1 is 0.935 bits per heavy atom. The number of nitrogens with one attached hydrogen (secondary N) is 1. The zero-order valence-electron chi connectivity index (χ0n) is 17.8. The molecule has 31 heavy (non-hydrogen) atoms. The fourth-order valence-electron chi connectivity index (χ4n) is 5.98. The number of unbranched alkanes of at least 4 members (excludes halogenated alkanes) is 2. The van der Waals surface area contributed by atoms with Gasteiger partial charge in [-0.3, -0.25) is 24.1 Å². The molecule has 6 heteroatoms. The van der Waals surface area contributed by atoms with Crippen molar-refractivity contribution in [2.75, 3.05) is 11.9 Å². The largest absolute Gasteiger partial charge is 0.326 e. The van der Waals surface area contributed by atoms with Gasteiger partial charge in [-0.15, -0.1) is 0 Å². The van der Waals surface area contributed by atoms with E-state index in [2.05, 4.69) is 17.5 Å². The third-order valence-electron chi connectivity index (χ3n) is 7.61. The number of carbonyl (C=O) groups excluding carboxylic acids is 4. The van der Waals surface area contributed by atoms with Crippen molar-refractivity contribution >= 4 is 29.2 Å². The lowest BCUT2D eigenvalue weighted by atomic mass is 9.63. The average Bonchev–Trinajstić information content (AvgIpc) is 3.54. The Morgan fingerprint density at radius 3 is 2.13 bits per heavy atom. The van der Waals surface area contributed by atoms with E-state index in [4.69, 9.17) is 0 Å². The third kappa shape index (κ3) is 3.52. The van der Waals surface area contributed by atoms with Crippen LogP contribution in [0.3, 0.4) is 0 Å². The minimum absolute atomic E-state index is 0.00666. The van der Waals surface area contributed by atoms with Gasteiger partial charge < -0.3 is 5.32 Å². The normalized spacial score (nSPS) is 32.1. The molecule has 1 aliphatic heterocycles. The Hall–Kier alpha value is -2.76. The Balaban J connectivity index is 1.05. The van der Waals surface area contributed by atoms with Crippen molar-refractivity contribution in [1.82, 2.24) is 4.90 Å². The lowest BCUT2D eigenvalue weighted by Gasteiger charge is -2.37. The molecule has 3 fully saturated rings. The molecule has 6 unspecified atom stereocenters. The molecule has 1 N–H and O–H groups in total. The number of amides is 3. The van der Waals surface area contributed by atoms with Gasteiger partial charge in [0.15, 0.2) is 5.78 Å². The fourth-order valence-corrected chi connectivity index (χ4v) is 5.98. The van der Waals surface area contributed by atoms with Crippen molar-refractivity contribution in [3.63, 3.8) is 0 Å². The molecular formula is C25H28N2O4. The van der Waals surface area contributed by atoms with Crippen LogP contribution in [0.1, 0.15) is 49.4 Å². The van der Waals surface area contributed by atoms with E-state index < -0.39 is 0 Å². The first-order valence-electron chi connectivity index (χ1n) is 11.4. The first-order valence-corrected chi connectivity index (χ1v) is 11.4. The maximum Gasteiger partial charge on any atom is 0.233 e. The molecule has 1 heterocycles. The number of hydrogen-bond acceptors (Lipinski definition) is 4. The number of Topliss-reactive ketones (excluding diaryl/α,β-unsaturated/α-hetero) is 1. The van der Waals surface area contributed by atoms with E-state index in [1.807, 2.05) is 0 Å². The van der Waals surface area contributed by atoms with Gasteiger partial charge in [-0.05, 0) is 74.1 Å². The first-order chi connectivity index (χ1) is 15.0. The summed E-state index contributed by atoms with van der Waals surface area (Å²) in [4.78, 5) is 50.8. The Kier molecular flexibility index (Phi) is 5.03. The van der Waals surface area contributed by atoms with Crippen LogP contribution in [0.25, 0.3) is 0 Å². The number of benzene rings is 1. The molecule has 0 aromatic heterocycles. The Bertz CT molecular complexity index is 930. The van der Waals surface area contributed by atoms with E-state index in [-0.39, 0.29) is 47.2 Å². The smallest absolute Gasteiger partial charge is 0.233 e. The van der Waals surface area contributed by atoms with Gasteiger partial charge in [-0.25, -0.2) is 0 Å². The predicted molar refractivity (Wildman–Crippen MR) is 115 cm³/mol. The summed E-state index contributed by atoms with van der Waals surface area (Å²) in [6.07, 6.45) is 8.18. The number of ketones is 1. The molecule has 1 aromatic rings. The monoisotopic (exact) mass is 420 g/mol. The minimum Gasteiger partial charge on any atom is -0.326 e. The predicted octanol–water partition coefficient (Wildman–Crippen LogP) is 3.44. The molecule has 1 saturated heterocycles. The average molecular weight is 421 g/mol. The summed E-state index contributed by atoms with van der Waals surface area (Å²) in [5.74, 6) is 1.56. The number of anilines is 1. The number of nitrogens with zero attached hydrogens (tertiary/aromatic N) is 1. The lowest BCUT2D eigenvalue weighted by molar-refractivity contribution is -0.140. The number of rotatable bonds is 8. The molecule has 0 radical (unpaired) electrons. The van der Waals surface area contributed by atoms with Crippen molar-refractivity contribution < 1.29 is 19.2 Å². The quantitative estimate of drug-likeness (QED) is 0.302. The fraction of sp³-hybridized carbons (Fsp3) is 0.520. The van der Waals surface area contributed by atoms with Crippen molar-refractivity contribution in [1.29, 1.82) is 0 Å². The van der Waals surface area contributed by atoms with E-state index in [0.717, 1.165) is 12.8 Å². The number of imide groups is 1. The van der Waals surface area contributed by atoms with E-state index in [1.165, 1.54) is 18.2 Å². The van der Waals surface area contributed by atoms with Crippen LogP contribution in [-0.4, -0.2) is 34.9 Å². The maximum absolute atomic E-state index is 12.9. The summed E-state index contributed by atoms with van der Waals surface area (Å²) in [5, 5.41) is 2.84. The van der Waals surface area contributed by atoms with Crippen LogP contribution >= 0.6 is 0 Å². The molecule has 1 aromatic carbocycles. The molecule has 2 bridgehead atoms. The highest BCUT2D eigenvalue weighted by Crippen LogP contribution is 2.65. The van der Waals surface area contributed by atoms with Crippen LogP contribution in [-0.2, 0) is 14.4 Å². The Labute approximate surface area is 182 Å². The van der Waals surface area contributed by atoms with E-state index in [1.54, 1.807) is 24.3 Å². The van der Waals surface area contributed by atoms with Gasteiger partial charge >= 0.3 is 0 Å². The van der Waals surface area contributed by atoms with Crippen LogP contribution in [0.15, 0.2) is 36.4 Å². The van der Waals surface area contributed by atoms with Gasteiger partial charge in [0.25, 0.3) is 0 Å². The van der Waals surface area contributed by atoms with Crippen molar-refractivity contribution in [2.24, 2.45) is 35.5 Å². The van der Waals surface area contributed by atoms with Crippen LogP contribution < -0.4 is 5.32 Å². The second-order valence-corrected chi connectivity index (χ2v) is 9.48. The molecule has 6 atom stereocenters. The molecule has 5 aliphatic rings. The molecule has 6 rings (SSSR count). The van der Waals surface area contributed by atoms with Crippen LogP contribution in [0, 0.1) is 35.5 Å². The number of carbonyl (C=O) groups is 4. The van der Waals surface area contributed by atoms with E-state index in [0.29, 0.717) is 42.5 Å². The molecule has 4 aliphatic carbocycles. The number of allylic oxidation sites excluding steroid dienone is 2. The van der Waals surface area contributed by atoms with E-state index >= 15 is 0 Å². The van der Waals surface area contributed by atoms with Gasteiger partial charge in [0, 0.05) is 24.2 Å². The summed E-state index contributed by atoms with van der Waals surface area (Å²) in [6.45, 7) is 1.97. The van der Waals surface area contributed by atoms with Crippen molar-refractivity contribution in [2.45, 2.75) is 39.0 Å². The topological polar surface area (TPSA) is 83.6 Å². The molecule has 3 amide bonds. The summed E-state index contributed by atoms with van der Waals surface area (Å²) < 4.78 is 0. The molecule has 162 valence electrons.